The second kappa shape index (κ2) is 11.1. The molecule has 0 spiro atoms. The maximum absolute atomic E-state index is 12.5. The van der Waals surface area contributed by atoms with E-state index in [9.17, 15) is 9.59 Å². The van der Waals surface area contributed by atoms with Gasteiger partial charge in [-0.15, -0.1) is 0 Å². The summed E-state index contributed by atoms with van der Waals surface area (Å²) in [5, 5.41) is 2.99. The van der Waals surface area contributed by atoms with Crippen molar-refractivity contribution < 1.29 is 19.1 Å². The van der Waals surface area contributed by atoms with Crippen LogP contribution in [0.25, 0.3) is 0 Å². The maximum Gasteiger partial charge on any atom is 0.335 e. The van der Waals surface area contributed by atoms with Gasteiger partial charge in [-0.3, -0.25) is 5.32 Å². The molecule has 0 saturated heterocycles. The lowest BCUT2D eigenvalue weighted by atomic mass is 10.1. The summed E-state index contributed by atoms with van der Waals surface area (Å²) < 4.78 is 10.7. The van der Waals surface area contributed by atoms with E-state index in [2.05, 4.69) is 19.2 Å². The van der Waals surface area contributed by atoms with Crippen molar-refractivity contribution in [2.75, 3.05) is 6.54 Å². The van der Waals surface area contributed by atoms with Crippen LogP contribution in [0.15, 0.2) is 60.7 Å². The van der Waals surface area contributed by atoms with Crippen molar-refractivity contribution in [2.24, 2.45) is 5.92 Å². The van der Waals surface area contributed by atoms with Gasteiger partial charge in [0.2, 0.25) is 6.04 Å². The fourth-order valence-corrected chi connectivity index (χ4v) is 2.35. The van der Waals surface area contributed by atoms with Crippen LogP contribution in [0.2, 0.25) is 0 Å². The topological polar surface area (TPSA) is 64.6 Å². The fourth-order valence-electron chi connectivity index (χ4n) is 2.35. The Morgan fingerprint density at radius 2 is 1.30 bits per heavy atom. The normalized spacial score (nSPS) is 11.8. The van der Waals surface area contributed by atoms with Crippen molar-refractivity contribution in [2.45, 2.75) is 39.5 Å². The molecule has 0 heterocycles. The van der Waals surface area contributed by atoms with Crippen molar-refractivity contribution in [3.63, 3.8) is 0 Å². The zero-order chi connectivity index (χ0) is 19.5. The van der Waals surface area contributed by atoms with Crippen LogP contribution < -0.4 is 5.32 Å². The van der Waals surface area contributed by atoms with Crippen molar-refractivity contribution in [1.29, 1.82) is 0 Å². The van der Waals surface area contributed by atoms with Gasteiger partial charge in [-0.25, -0.2) is 9.59 Å². The number of rotatable bonds is 10. The van der Waals surface area contributed by atoms with Crippen LogP contribution in [-0.4, -0.2) is 24.5 Å². The van der Waals surface area contributed by atoms with Crippen LogP contribution in [0.5, 0.6) is 0 Å². The number of hydrogen-bond acceptors (Lipinski definition) is 5. The standard InChI is InChI=1S/C22H27NO4/c1-3-17(2)14-23-20(21(24)26-15-18-10-6-4-7-11-18)22(25)27-16-19-12-8-5-9-13-19/h4-13,17,20,23H,3,14-16H2,1-2H3. The molecule has 0 radical (unpaired) electrons. The van der Waals surface area contributed by atoms with E-state index in [4.69, 9.17) is 9.47 Å². The molecule has 0 aliphatic rings. The highest BCUT2D eigenvalue weighted by atomic mass is 16.6. The minimum absolute atomic E-state index is 0.118. The van der Waals surface area contributed by atoms with Gasteiger partial charge >= 0.3 is 11.9 Å². The molecule has 0 saturated carbocycles. The van der Waals surface area contributed by atoms with Crippen LogP contribution in [0, 0.1) is 5.92 Å². The number of carbonyl (C=O) groups is 2. The number of esters is 2. The second-order valence-corrected chi connectivity index (χ2v) is 6.54. The molecule has 2 aromatic rings. The summed E-state index contributed by atoms with van der Waals surface area (Å²) in [7, 11) is 0. The van der Waals surface area contributed by atoms with Gasteiger partial charge in [-0.05, 0) is 23.6 Å². The molecule has 27 heavy (non-hydrogen) atoms. The Kier molecular flexibility index (Phi) is 8.52. The van der Waals surface area contributed by atoms with Gasteiger partial charge in [0.25, 0.3) is 0 Å². The molecule has 1 unspecified atom stereocenters. The summed E-state index contributed by atoms with van der Waals surface area (Å²) in [6.07, 6.45) is 0.942. The summed E-state index contributed by atoms with van der Waals surface area (Å²) in [6, 6.07) is 17.6. The Bertz CT molecular complexity index is 647. The van der Waals surface area contributed by atoms with Crippen LogP contribution in [0.1, 0.15) is 31.4 Å². The van der Waals surface area contributed by atoms with E-state index in [-0.39, 0.29) is 13.2 Å². The number of benzene rings is 2. The summed E-state index contributed by atoms with van der Waals surface area (Å²) in [4.78, 5) is 25.0. The van der Waals surface area contributed by atoms with E-state index in [0.29, 0.717) is 12.5 Å². The molecule has 0 fully saturated rings. The third kappa shape index (κ3) is 7.23. The minimum Gasteiger partial charge on any atom is -0.459 e. The summed E-state index contributed by atoms with van der Waals surface area (Å²) >= 11 is 0. The predicted octanol–water partition coefficient (Wildman–Crippen LogP) is 3.48. The lowest BCUT2D eigenvalue weighted by Gasteiger charge is -2.19. The van der Waals surface area contributed by atoms with Crippen molar-refractivity contribution in [3.05, 3.63) is 71.8 Å². The predicted molar refractivity (Wildman–Crippen MR) is 104 cm³/mol. The first-order valence-corrected chi connectivity index (χ1v) is 9.24. The van der Waals surface area contributed by atoms with Crippen LogP contribution in [0.4, 0.5) is 0 Å². The monoisotopic (exact) mass is 369 g/mol. The number of ether oxygens (including phenoxy) is 2. The van der Waals surface area contributed by atoms with Gasteiger partial charge in [-0.1, -0.05) is 80.9 Å². The van der Waals surface area contributed by atoms with E-state index in [1.165, 1.54) is 0 Å². The average molecular weight is 369 g/mol. The van der Waals surface area contributed by atoms with Gasteiger partial charge in [0, 0.05) is 0 Å². The smallest absolute Gasteiger partial charge is 0.335 e. The lowest BCUT2D eigenvalue weighted by molar-refractivity contribution is -0.160. The molecule has 5 nitrogen and oxygen atoms in total. The third-order valence-electron chi connectivity index (χ3n) is 4.29. The molecule has 0 aromatic heterocycles. The SMILES string of the molecule is CCC(C)CNC(C(=O)OCc1ccccc1)C(=O)OCc1ccccc1. The highest BCUT2D eigenvalue weighted by Gasteiger charge is 2.30. The summed E-state index contributed by atoms with van der Waals surface area (Å²) in [5.41, 5.74) is 1.73. The molecule has 2 rings (SSSR count). The Balaban J connectivity index is 1.95. The molecule has 5 heteroatoms. The Morgan fingerprint density at radius 1 is 0.852 bits per heavy atom. The van der Waals surface area contributed by atoms with E-state index >= 15 is 0 Å². The lowest BCUT2D eigenvalue weighted by Crippen LogP contribution is -2.46. The number of nitrogens with one attached hydrogen (secondary N) is 1. The highest BCUT2D eigenvalue weighted by Crippen LogP contribution is 2.07. The molecule has 0 aliphatic carbocycles. The van der Waals surface area contributed by atoms with E-state index < -0.39 is 18.0 Å². The van der Waals surface area contributed by atoms with Gasteiger partial charge in [0.05, 0.1) is 0 Å². The molecule has 144 valence electrons. The van der Waals surface area contributed by atoms with E-state index in [0.717, 1.165) is 17.5 Å². The molecule has 2 aromatic carbocycles. The molecule has 1 N–H and O–H groups in total. The van der Waals surface area contributed by atoms with Crippen LogP contribution in [-0.2, 0) is 32.3 Å². The first kappa shape index (κ1) is 20.6. The van der Waals surface area contributed by atoms with Crippen LogP contribution >= 0.6 is 0 Å². The molecular formula is C22H27NO4. The molecule has 0 amide bonds. The molecular weight excluding hydrogens is 342 g/mol. The zero-order valence-corrected chi connectivity index (χ0v) is 15.9. The van der Waals surface area contributed by atoms with Gasteiger partial charge in [-0.2, -0.15) is 0 Å². The minimum atomic E-state index is -1.13. The van der Waals surface area contributed by atoms with Gasteiger partial charge in [0.15, 0.2) is 0 Å². The van der Waals surface area contributed by atoms with E-state index in [1.807, 2.05) is 60.7 Å². The molecule has 1 atom stereocenters. The highest BCUT2D eigenvalue weighted by molar-refractivity contribution is 5.99. The first-order valence-electron chi connectivity index (χ1n) is 9.24. The van der Waals surface area contributed by atoms with Crippen molar-refractivity contribution in [1.82, 2.24) is 5.32 Å². The average Bonchev–Trinajstić information content (AvgIpc) is 2.72. The zero-order valence-electron chi connectivity index (χ0n) is 15.9. The maximum atomic E-state index is 12.5. The fraction of sp³-hybridized carbons (Fsp3) is 0.364. The van der Waals surface area contributed by atoms with E-state index in [1.54, 1.807) is 0 Å². The quantitative estimate of drug-likeness (QED) is 0.513. The Labute approximate surface area is 160 Å². The largest absolute Gasteiger partial charge is 0.459 e. The van der Waals surface area contributed by atoms with Crippen molar-refractivity contribution >= 4 is 11.9 Å². The van der Waals surface area contributed by atoms with Crippen molar-refractivity contribution in [3.8, 4) is 0 Å². The summed E-state index contributed by atoms with van der Waals surface area (Å²) in [5.74, 6) is -0.920. The van der Waals surface area contributed by atoms with Crippen LogP contribution in [0.3, 0.4) is 0 Å². The Hall–Kier alpha value is -2.66. The number of carbonyl (C=O) groups excluding carboxylic acids is 2. The third-order valence-corrected chi connectivity index (χ3v) is 4.29. The second-order valence-electron chi connectivity index (χ2n) is 6.54. The summed E-state index contributed by atoms with van der Waals surface area (Å²) in [6.45, 7) is 4.87. The molecule has 0 aliphatic heterocycles. The van der Waals surface area contributed by atoms with Gasteiger partial charge in [0.1, 0.15) is 13.2 Å². The van der Waals surface area contributed by atoms with Gasteiger partial charge < -0.3 is 9.47 Å². The molecule has 0 bridgehead atoms. The Morgan fingerprint density at radius 3 is 1.70 bits per heavy atom. The first-order chi connectivity index (χ1) is 13.1. The number of hydrogen-bond donors (Lipinski definition) is 1.